The molecule has 19 heavy (non-hydrogen) atoms. The van der Waals surface area contributed by atoms with Gasteiger partial charge in [-0.25, -0.2) is 0 Å². The van der Waals surface area contributed by atoms with Crippen LogP contribution in [0.15, 0.2) is 53.0 Å². The summed E-state index contributed by atoms with van der Waals surface area (Å²) < 4.78 is 0.947. The van der Waals surface area contributed by atoms with Gasteiger partial charge in [0.15, 0.2) is 0 Å². The molecule has 0 aliphatic carbocycles. The molecule has 0 aliphatic heterocycles. The highest BCUT2D eigenvalue weighted by atomic mass is 79.9. The topological polar surface area (TPSA) is 29.1 Å². The van der Waals surface area contributed by atoms with Gasteiger partial charge in [0.05, 0.1) is 0 Å². The van der Waals surface area contributed by atoms with Crippen molar-refractivity contribution in [2.75, 3.05) is 5.32 Å². The summed E-state index contributed by atoms with van der Waals surface area (Å²) >= 11 is 9.18. The van der Waals surface area contributed by atoms with Gasteiger partial charge in [0.2, 0.25) is 5.91 Å². The predicted octanol–water partition coefficient (Wildman–Crippen LogP) is 4.67. The van der Waals surface area contributed by atoms with Gasteiger partial charge in [0.1, 0.15) is 0 Å². The Kier molecular flexibility index (Phi) is 5.00. The first-order valence-corrected chi connectivity index (χ1v) is 7.10. The largest absolute Gasteiger partial charge is 0.326 e. The zero-order valence-electron chi connectivity index (χ0n) is 10.2. The summed E-state index contributed by atoms with van der Waals surface area (Å²) in [6, 6.07) is 15.1. The predicted molar refractivity (Wildman–Crippen MR) is 82.5 cm³/mol. The average Bonchev–Trinajstić information content (AvgIpc) is 2.38. The Morgan fingerprint density at radius 2 is 1.89 bits per heavy atom. The van der Waals surface area contributed by atoms with E-state index in [-0.39, 0.29) is 5.91 Å². The molecule has 0 bridgehead atoms. The number of hydrogen-bond acceptors (Lipinski definition) is 1. The van der Waals surface area contributed by atoms with Gasteiger partial charge in [-0.15, -0.1) is 0 Å². The van der Waals surface area contributed by atoms with E-state index in [9.17, 15) is 4.79 Å². The Bertz CT molecular complexity index is 569. The van der Waals surface area contributed by atoms with E-state index in [1.54, 1.807) is 0 Å². The number of carbonyl (C=O) groups excluding carboxylic acids is 1. The van der Waals surface area contributed by atoms with Crippen molar-refractivity contribution in [3.05, 3.63) is 63.6 Å². The molecule has 0 unspecified atom stereocenters. The second kappa shape index (κ2) is 6.73. The molecular weight excluding hydrogens is 326 g/mol. The fourth-order valence-electron chi connectivity index (χ4n) is 1.70. The summed E-state index contributed by atoms with van der Waals surface area (Å²) in [4.78, 5) is 11.8. The molecule has 0 heterocycles. The quantitative estimate of drug-likeness (QED) is 0.862. The second-order valence-electron chi connectivity index (χ2n) is 4.18. The molecule has 98 valence electrons. The Balaban J connectivity index is 1.86. The Morgan fingerprint density at radius 1 is 1.16 bits per heavy atom. The molecule has 0 saturated heterocycles. The Labute approximate surface area is 125 Å². The number of rotatable bonds is 4. The van der Waals surface area contributed by atoms with Crippen molar-refractivity contribution in [1.29, 1.82) is 0 Å². The number of halogens is 2. The van der Waals surface area contributed by atoms with Crippen molar-refractivity contribution in [2.24, 2.45) is 0 Å². The lowest BCUT2D eigenvalue weighted by molar-refractivity contribution is -0.116. The van der Waals surface area contributed by atoms with E-state index >= 15 is 0 Å². The van der Waals surface area contributed by atoms with E-state index in [4.69, 9.17) is 11.6 Å². The molecule has 0 radical (unpaired) electrons. The third-order valence-electron chi connectivity index (χ3n) is 2.66. The zero-order chi connectivity index (χ0) is 13.7. The number of nitrogens with one attached hydrogen (secondary N) is 1. The smallest absolute Gasteiger partial charge is 0.224 e. The minimum atomic E-state index is 0.00745. The van der Waals surface area contributed by atoms with Gasteiger partial charge < -0.3 is 5.32 Å². The average molecular weight is 339 g/mol. The van der Waals surface area contributed by atoms with Crippen LogP contribution in [0.4, 0.5) is 5.69 Å². The van der Waals surface area contributed by atoms with Gasteiger partial charge in [0.25, 0.3) is 0 Å². The summed E-state index contributed by atoms with van der Waals surface area (Å²) in [6.07, 6.45) is 1.16. The number of benzene rings is 2. The van der Waals surface area contributed by atoms with Crippen LogP contribution < -0.4 is 5.32 Å². The molecular formula is C15H13BrClNO. The normalized spacial score (nSPS) is 10.2. The minimum absolute atomic E-state index is 0.00745. The highest BCUT2D eigenvalue weighted by molar-refractivity contribution is 9.10. The highest BCUT2D eigenvalue weighted by Gasteiger charge is 2.03. The first-order valence-electron chi connectivity index (χ1n) is 5.93. The molecule has 1 amide bonds. The highest BCUT2D eigenvalue weighted by Crippen LogP contribution is 2.16. The van der Waals surface area contributed by atoms with Crippen LogP contribution in [0.3, 0.4) is 0 Å². The van der Waals surface area contributed by atoms with Crippen molar-refractivity contribution >= 4 is 39.1 Å². The van der Waals surface area contributed by atoms with Gasteiger partial charge in [-0.05, 0) is 42.3 Å². The Morgan fingerprint density at radius 3 is 2.58 bits per heavy atom. The molecule has 2 nitrogen and oxygen atoms in total. The third kappa shape index (κ3) is 4.69. The third-order valence-corrected chi connectivity index (χ3v) is 3.41. The van der Waals surface area contributed by atoms with Crippen molar-refractivity contribution in [3.8, 4) is 0 Å². The summed E-state index contributed by atoms with van der Waals surface area (Å²) in [7, 11) is 0. The van der Waals surface area contributed by atoms with E-state index in [1.165, 1.54) is 0 Å². The van der Waals surface area contributed by atoms with Crippen molar-refractivity contribution in [3.63, 3.8) is 0 Å². The van der Waals surface area contributed by atoms with Crippen LogP contribution in [0.5, 0.6) is 0 Å². The fraction of sp³-hybridized carbons (Fsp3) is 0.133. The van der Waals surface area contributed by atoms with Crippen molar-refractivity contribution < 1.29 is 4.79 Å². The summed E-state index contributed by atoms with van der Waals surface area (Å²) in [6.45, 7) is 0. The monoisotopic (exact) mass is 337 g/mol. The number of carbonyl (C=O) groups is 1. The van der Waals surface area contributed by atoms with Gasteiger partial charge in [-0.1, -0.05) is 45.7 Å². The molecule has 0 spiro atoms. The van der Waals surface area contributed by atoms with Crippen molar-refractivity contribution in [2.45, 2.75) is 12.8 Å². The molecule has 0 atom stereocenters. The SMILES string of the molecule is O=C(CCc1ccc(Cl)cc1)Nc1cccc(Br)c1. The van der Waals surface area contributed by atoms with E-state index in [1.807, 2.05) is 48.5 Å². The first kappa shape index (κ1) is 14.1. The van der Waals surface area contributed by atoms with Crippen LogP contribution in [-0.2, 0) is 11.2 Å². The Hall–Kier alpha value is -1.32. The standard InChI is InChI=1S/C15H13BrClNO/c16-12-2-1-3-14(10-12)18-15(19)9-6-11-4-7-13(17)8-5-11/h1-5,7-8,10H,6,9H2,(H,18,19). The molecule has 0 aromatic heterocycles. The zero-order valence-corrected chi connectivity index (χ0v) is 12.5. The molecule has 4 heteroatoms. The van der Waals surface area contributed by atoms with Crippen LogP contribution in [0.2, 0.25) is 5.02 Å². The van der Waals surface area contributed by atoms with Crippen LogP contribution in [0.1, 0.15) is 12.0 Å². The molecule has 1 N–H and O–H groups in total. The minimum Gasteiger partial charge on any atom is -0.326 e. The number of hydrogen-bond donors (Lipinski definition) is 1. The second-order valence-corrected chi connectivity index (χ2v) is 5.54. The number of aryl methyl sites for hydroxylation is 1. The van der Waals surface area contributed by atoms with E-state index in [2.05, 4.69) is 21.2 Å². The van der Waals surface area contributed by atoms with Crippen LogP contribution >= 0.6 is 27.5 Å². The van der Waals surface area contributed by atoms with E-state index in [0.29, 0.717) is 17.9 Å². The number of anilines is 1. The fourth-order valence-corrected chi connectivity index (χ4v) is 2.22. The summed E-state index contributed by atoms with van der Waals surface area (Å²) in [5.74, 6) is 0.00745. The summed E-state index contributed by atoms with van der Waals surface area (Å²) in [5, 5.41) is 3.58. The maximum absolute atomic E-state index is 11.8. The van der Waals surface area contributed by atoms with Gasteiger partial charge >= 0.3 is 0 Å². The molecule has 2 aromatic carbocycles. The molecule has 0 aliphatic rings. The molecule has 2 rings (SSSR count). The van der Waals surface area contributed by atoms with E-state index < -0.39 is 0 Å². The van der Waals surface area contributed by atoms with Crippen LogP contribution in [0.25, 0.3) is 0 Å². The van der Waals surface area contributed by atoms with Crippen molar-refractivity contribution in [1.82, 2.24) is 0 Å². The van der Waals surface area contributed by atoms with Crippen LogP contribution in [0, 0.1) is 0 Å². The molecule has 0 fully saturated rings. The van der Waals surface area contributed by atoms with Gasteiger partial charge in [0, 0.05) is 21.6 Å². The maximum atomic E-state index is 11.8. The molecule has 2 aromatic rings. The van der Waals surface area contributed by atoms with Crippen LogP contribution in [-0.4, -0.2) is 5.91 Å². The maximum Gasteiger partial charge on any atom is 0.224 e. The molecule has 0 saturated carbocycles. The summed E-state index contributed by atoms with van der Waals surface area (Å²) in [5.41, 5.74) is 1.91. The lowest BCUT2D eigenvalue weighted by atomic mass is 10.1. The lowest BCUT2D eigenvalue weighted by Crippen LogP contribution is -2.12. The first-order chi connectivity index (χ1) is 9.13. The lowest BCUT2D eigenvalue weighted by Gasteiger charge is -2.05. The van der Waals surface area contributed by atoms with E-state index in [0.717, 1.165) is 15.7 Å². The number of amides is 1. The van der Waals surface area contributed by atoms with Gasteiger partial charge in [-0.3, -0.25) is 4.79 Å². The van der Waals surface area contributed by atoms with Gasteiger partial charge in [-0.2, -0.15) is 0 Å².